The van der Waals surface area contributed by atoms with E-state index in [1.165, 1.54) is 141 Å². The Morgan fingerprint density at radius 1 is 0.305 bits per heavy atom. The van der Waals surface area contributed by atoms with Crippen LogP contribution in [-0.2, 0) is 55.8 Å². The molecule has 0 radical (unpaired) electrons. The third-order valence-electron chi connectivity index (χ3n) is 15.8. The molecule has 4 N–H and O–H groups in total. The Hall–Kier alpha value is -3.53. The Morgan fingerprint density at radius 2 is 0.558 bits per heavy atom. The summed E-state index contributed by atoms with van der Waals surface area (Å²) < 4.78 is 60.9. The van der Waals surface area contributed by atoms with Crippen LogP contribution in [0.4, 0.5) is 0 Å². The Bertz CT molecular complexity index is 2120. The van der Waals surface area contributed by atoms with Crippen LogP contribution in [0.2, 0.25) is 0 Å². The van der Waals surface area contributed by atoms with Crippen LogP contribution in [0, 0.1) is 0 Å². The number of rotatable bonds is 71. The maximum atomic E-state index is 12.9. The molecule has 16 nitrogen and oxygen atoms in total. The van der Waals surface area contributed by atoms with E-state index in [1.807, 2.05) is 0 Å². The number of esters is 3. The largest absolute Gasteiger partial charge is 0.472 e. The van der Waals surface area contributed by atoms with Crippen molar-refractivity contribution in [3.63, 3.8) is 0 Å². The fourth-order valence-electron chi connectivity index (χ4n) is 10.1. The van der Waals surface area contributed by atoms with Crippen LogP contribution in [0.5, 0.6) is 0 Å². The minimum Gasteiger partial charge on any atom is -0.463 e. The Kier molecular flexibility index (Phi) is 67.7. The summed E-state index contributed by atoms with van der Waals surface area (Å²) in [6.45, 7) is 2.51. The molecule has 0 aliphatic rings. The lowest BCUT2D eigenvalue weighted by atomic mass is 10.0. The highest BCUT2D eigenvalue weighted by molar-refractivity contribution is 7.47. The molecule has 0 aliphatic carbocycles. The zero-order chi connectivity index (χ0) is 69.5. The van der Waals surface area contributed by atoms with Crippen molar-refractivity contribution in [1.82, 2.24) is 0 Å². The van der Waals surface area contributed by atoms with Crippen LogP contribution in [-0.4, -0.2) is 95.9 Å². The summed E-state index contributed by atoms with van der Waals surface area (Å²) in [5.74, 6) is -1.59. The summed E-state index contributed by atoms with van der Waals surface area (Å²) in [5.41, 5.74) is 0. The molecule has 0 aromatic rings. The average Bonchev–Trinajstić information content (AvgIpc) is 3.71. The second-order valence-corrected chi connectivity index (χ2v) is 28.0. The summed E-state index contributed by atoms with van der Waals surface area (Å²) in [6, 6.07) is 0. The van der Waals surface area contributed by atoms with Gasteiger partial charge in [0.1, 0.15) is 25.4 Å². The normalized spacial score (nSPS) is 14.6. The molecule has 0 saturated heterocycles. The van der Waals surface area contributed by atoms with E-state index in [9.17, 15) is 43.5 Å². The van der Waals surface area contributed by atoms with Gasteiger partial charge in [0.25, 0.3) is 0 Å². The second kappa shape index (κ2) is 70.3. The van der Waals surface area contributed by atoms with Gasteiger partial charge in [0.2, 0.25) is 0 Å². The minimum absolute atomic E-state index is 0.101. The van der Waals surface area contributed by atoms with E-state index in [-0.39, 0.29) is 19.3 Å². The number of aliphatic hydroxyl groups is 2. The first-order valence-electron chi connectivity index (χ1n) is 37.5. The van der Waals surface area contributed by atoms with Gasteiger partial charge in [-0.05, 0) is 103 Å². The Morgan fingerprint density at radius 3 is 0.905 bits per heavy atom. The minimum atomic E-state index is -4.92. The van der Waals surface area contributed by atoms with Crippen LogP contribution >= 0.6 is 15.6 Å². The summed E-state index contributed by atoms with van der Waals surface area (Å²) >= 11 is 0. The molecule has 550 valence electrons. The molecule has 18 heteroatoms. The van der Waals surface area contributed by atoms with Gasteiger partial charge in [-0.15, -0.1) is 0 Å². The maximum absolute atomic E-state index is 12.9. The zero-order valence-electron chi connectivity index (χ0n) is 59.8. The smallest absolute Gasteiger partial charge is 0.463 e. The van der Waals surface area contributed by atoms with Gasteiger partial charge >= 0.3 is 33.6 Å². The van der Waals surface area contributed by atoms with Crippen molar-refractivity contribution in [3.8, 4) is 0 Å². The molecule has 0 rings (SSSR count). The number of allylic oxidation sites excluding steroid dienone is 16. The van der Waals surface area contributed by atoms with Gasteiger partial charge in [0, 0.05) is 19.3 Å². The summed E-state index contributed by atoms with van der Waals surface area (Å²) in [7, 11) is -9.78. The van der Waals surface area contributed by atoms with E-state index in [1.54, 1.807) is 0 Å². The number of hydrogen-bond acceptors (Lipinski definition) is 14. The standard InChI is InChI=1S/C77H136O16P2/c1-4-7-10-13-16-19-22-24-26-28-29-30-31-32-33-34-35-36-37-38-39-40-41-43-45-46-49-51-54-57-60-63-75(80)87-66-72(78)67-89-94(83,84)90-68-73(79)69-91-95(85,86)92-71-74(93-77(82)65-62-59-56-53-48-21-18-15-12-9-6-3)70-88-76(81)64-61-58-55-52-50-47-44-42-27-25-23-20-17-14-11-8-5-2/h8,11,16-17,19-20,24-27,29-30,32-33,44,47,72-74,78-79H,4-7,9-10,12-15,18,21-23,28,31,34-43,45-46,48-71H2,1-3H3,(H,83,84)(H,85,86)/b11-8-,19-16-,20-17-,26-24-,27-25-,30-29-,33-32-,47-44-. The fraction of sp³-hybridized carbons (Fsp3) is 0.753. The molecular formula is C77H136O16P2. The zero-order valence-corrected chi connectivity index (χ0v) is 61.6. The van der Waals surface area contributed by atoms with E-state index in [4.69, 9.17) is 32.3 Å². The number of carbonyl (C=O) groups excluding carboxylic acids is 3. The lowest BCUT2D eigenvalue weighted by molar-refractivity contribution is -0.161. The number of ether oxygens (including phenoxy) is 3. The second-order valence-electron chi connectivity index (χ2n) is 25.1. The molecular weight excluding hydrogens is 1240 g/mol. The van der Waals surface area contributed by atoms with Crippen molar-refractivity contribution in [2.45, 2.75) is 334 Å². The van der Waals surface area contributed by atoms with Crippen LogP contribution in [0.1, 0.15) is 316 Å². The molecule has 0 aromatic carbocycles. The van der Waals surface area contributed by atoms with Crippen molar-refractivity contribution in [3.05, 3.63) is 97.2 Å². The number of phosphoric acid groups is 2. The molecule has 0 fully saturated rings. The topological polar surface area (TPSA) is 231 Å². The third kappa shape index (κ3) is 71.6. The maximum Gasteiger partial charge on any atom is 0.472 e. The van der Waals surface area contributed by atoms with Gasteiger partial charge in [-0.1, -0.05) is 291 Å². The average molecular weight is 1380 g/mol. The van der Waals surface area contributed by atoms with Gasteiger partial charge in [-0.25, -0.2) is 9.13 Å². The molecule has 0 aromatic heterocycles. The molecule has 0 heterocycles. The molecule has 5 atom stereocenters. The monoisotopic (exact) mass is 1380 g/mol. The molecule has 0 saturated carbocycles. The SMILES string of the molecule is CC/C=C\C/C=C\C/C=C\C/C=C\CCCCCCC(=O)OCC(COP(=O)(O)OCC(O)COP(=O)(O)OCC(O)COC(=O)CCCCCCCCCCCCCCCCC/C=C\C/C=C\C/C=C\C/C=C\CCCCC)OC(=O)CCCCCCCCCCCCC. The molecule has 0 bridgehead atoms. The van der Waals surface area contributed by atoms with Gasteiger partial charge in [0.05, 0.1) is 26.4 Å². The van der Waals surface area contributed by atoms with Crippen molar-refractivity contribution in [2.24, 2.45) is 0 Å². The van der Waals surface area contributed by atoms with Gasteiger partial charge in [-0.3, -0.25) is 32.5 Å². The predicted octanol–water partition coefficient (Wildman–Crippen LogP) is 21.4. The van der Waals surface area contributed by atoms with E-state index in [2.05, 4.69) is 118 Å². The fourth-order valence-corrected chi connectivity index (χ4v) is 11.7. The first kappa shape index (κ1) is 91.5. The number of aliphatic hydroxyl groups excluding tert-OH is 2. The van der Waals surface area contributed by atoms with Crippen LogP contribution in [0.25, 0.3) is 0 Å². The van der Waals surface area contributed by atoms with E-state index in [0.717, 1.165) is 116 Å². The first-order chi connectivity index (χ1) is 46.2. The highest BCUT2D eigenvalue weighted by Gasteiger charge is 2.29. The van der Waals surface area contributed by atoms with E-state index < -0.39 is 91.5 Å². The van der Waals surface area contributed by atoms with Gasteiger partial charge in [0.15, 0.2) is 6.10 Å². The van der Waals surface area contributed by atoms with Gasteiger partial charge < -0.3 is 34.2 Å². The predicted molar refractivity (Wildman–Crippen MR) is 390 cm³/mol. The lowest BCUT2D eigenvalue weighted by Gasteiger charge is -2.21. The summed E-state index contributed by atoms with van der Waals surface area (Å²) in [6.07, 6.45) is 79.1. The molecule has 0 aliphatic heterocycles. The summed E-state index contributed by atoms with van der Waals surface area (Å²) in [5, 5.41) is 20.6. The van der Waals surface area contributed by atoms with Crippen molar-refractivity contribution < 1.29 is 75.8 Å². The van der Waals surface area contributed by atoms with E-state index in [0.29, 0.717) is 19.3 Å². The van der Waals surface area contributed by atoms with Gasteiger partial charge in [-0.2, -0.15) is 0 Å². The number of hydrogen-bond donors (Lipinski definition) is 4. The summed E-state index contributed by atoms with van der Waals surface area (Å²) in [4.78, 5) is 58.4. The van der Waals surface area contributed by atoms with Crippen molar-refractivity contribution in [2.75, 3.05) is 39.6 Å². The number of unbranched alkanes of at least 4 members (excludes halogenated alkanes) is 32. The molecule has 5 unspecified atom stereocenters. The number of phosphoric ester groups is 2. The Balaban J connectivity index is 4.38. The first-order valence-corrected chi connectivity index (χ1v) is 40.5. The quantitative estimate of drug-likeness (QED) is 0.0146. The van der Waals surface area contributed by atoms with Crippen molar-refractivity contribution >= 4 is 33.6 Å². The number of carbonyl (C=O) groups is 3. The third-order valence-corrected chi connectivity index (χ3v) is 17.7. The lowest BCUT2D eigenvalue weighted by Crippen LogP contribution is -2.30. The van der Waals surface area contributed by atoms with Crippen LogP contribution < -0.4 is 0 Å². The van der Waals surface area contributed by atoms with Crippen LogP contribution in [0.15, 0.2) is 97.2 Å². The Labute approximate surface area is 578 Å². The highest BCUT2D eigenvalue weighted by atomic mass is 31.2. The van der Waals surface area contributed by atoms with E-state index >= 15 is 0 Å². The van der Waals surface area contributed by atoms with Crippen molar-refractivity contribution in [1.29, 1.82) is 0 Å². The van der Waals surface area contributed by atoms with Crippen LogP contribution in [0.3, 0.4) is 0 Å². The molecule has 95 heavy (non-hydrogen) atoms. The highest BCUT2D eigenvalue weighted by Crippen LogP contribution is 2.45. The molecule has 0 spiro atoms. The molecule has 0 amide bonds.